The quantitative estimate of drug-likeness (QED) is 0.532. The molecule has 1 heterocycles. The highest BCUT2D eigenvalue weighted by molar-refractivity contribution is 6.16. The van der Waals surface area contributed by atoms with Crippen molar-refractivity contribution in [2.75, 3.05) is 0 Å². The number of allylic oxidation sites excluding steroid dienone is 3. The molecular formula is C7H6FN3. The third kappa shape index (κ3) is 0.790. The summed E-state index contributed by atoms with van der Waals surface area (Å²) < 4.78 is 12.9. The summed E-state index contributed by atoms with van der Waals surface area (Å²) in [5.41, 5.74) is 3.01. The molecule has 11 heavy (non-hydrogen) atoms. The molecule has 0 saturated heterocycles. The van der Waals surface area contributed by atoms with Gasteiger partial charge >= 0.3 is 0 Å². The van der Waals surface area contributed by atoms with Crippen LogP contribution in [0, 0.1) is 11.3 Å². The van der Waals surface area contributed by atoms with E-state index in [1.807, 2.05) is 0 Å². The van der Waals surface area contributed by atoms with Crippen molar-refractivity contribution >= 4 is 11.5 Å². The van der Waals surface area contributed by atoms with E-state index in [9.17, 15) is 4.39 Å². The van der Waals surface area contributed by atoms with Gasteiger partial charge in [-0.3, -0.25) is 10.8 Å². The minimum Gasteiger partial charge on any atom is -0.286 e. The number of halogens is 1. The molecule has 56 valence electrons. The van der Waals surface area contributed by atoms with E-state index in [1.165, 1.54) is 6.08 Å². The minimum atomic E-state index is -0.569. The zero-order valence-electron chi connectivity index (χ0n) is 5.63. The summed E-state index contributed by atoms with van der Waals surface area (Å²) in [7, 11) is 0. The molecule has 0 aromatic heterocycles. The number of hydrogen-bond donors (Lipinski definition) is 2. The van der Waals surface area contributed by atoms with E-state index in [0.717, 1.165) is 0 Å². The number of nitrogens with one attached hydrogen (secondary N) is 2. The van der Waals surface area contributed by atoms with Crippen LogP contribution in [0.3, 0.4) is 0 Å². The third-order valence-electron chi connectivity index (χ3n) is 1.69. The molecule has 0 amide bonds. The fourth-order valence-electron chi connectivity index (χ4n) is 1.15. The van der Waals surface area contributed by atoms with Crippen LogP contribution >= 0.6 is 0 Å². The maximum absolute atomic E-state index is 12.9. The van der Waals surface area contributed by atoms with Gasteiger partial charge in [0.1, 0.15) is 17.6 Å². The van der Waals surface area contributed by atoms with Crippen LogP contribution in [0.4, 0.5) is 4.39 Å². The lowest BCUT2D eigenvalue weighted by Gasteiger charge is -2.09. The van der Waals surface area contributed by atoms with E-state index in [4.69, 9.17) is 5.41 Å². The Kier molecular flexibility index (Phi) is 1.15. The van der Waals surface area contributed by atoms with Crippen molar-refractivity contribution < 1.29 is 4.39 Å². The fraction of sp³-hybridized carbons (Fsp3) is 0.143. The summed E-state index contributed by atoms with van der Waals surface area (Å²) in [6.45, 7) is 0. The highest BCUT2D eigenvalue weighted by Gasteiger charge is 2.30. The van der Waals surface area contributed by atoms with E-state index in [-0.39, 0.29) is 11.7 Å². The van der Waals surface area contributed by atoms with E-state index in [0.29, 0.717) is 5.71 Å². The van der Waals surface area contributed by atoms with Crippen molar-refractivity contribution in [3.8, 4) is 0 Å². The van der Waals surface area contributed by atoms with Crippen LogP contribution in [0.5, 0.6) is 0 Å². The van der Waals surface area contributed by atoms with Gasteiger partial charge in [-0.1, -0.05) is 6.08 Å². The Balaban J connectivity index is 2.43. The van der Waals surface area contributed by atoms with Crippen LogP contribution in [0.25, 0.3) is 0 Å². The van der Waals surface area contributed by atoms with Gasteiger partial charge in [0, 0.05) is 0 Å². The van der Waals surface area contributed by atoms with Crippen molar-refractivity contribution in [1.29, 1.82) is 5.41 Å². The number of hydrogen-bond acceptors (Lipinski definition) is 2. The number of hydrazone groups is 1. The van der Waals surface area contributed by atoms with Gasteiger partial charge in [0.25, 0.3) is 0 Å². The van der Waals surface area contributed by atoms with Gasteiger partial charge in [-0.25, -0.2) is 4.39 Å². The predicted molar refractivity (Wildman–Crippen MR) is 40.1 cm³/mol. The van der Waals surface area contributed by atoms with E-state index in [2.05, 4.69) is 10.5 Å². The van der Waals surface area contributed by atoms with Crippen LogP contribution in [-0.4, -0.2) is 11.5 Å². The Labute approximate surface area is 62.8 Å². The average Bonchev–Trinajstić information content (AvgIpc) is 2.34. The van der Waals surface area contributed by atoms with Gasteiger partial charge in [0.2, 0.25) is 0 Å². The second kappa shape index (κ2) is 2.02. The Hall–Kier alpha value is -1.45. The summed E-state index contributed by atoms with van der Waals surface area (Å²) in [4.78, 5) is 0. The van der Waals surface area contributed by atoms with Crippen LogP contribution in [0.1, 0.15) is 0 Å². The van der Waals surface area contributed by atoms with Gasteiger partial charge in [0.05, 0.1) is 5.71 Å². The lowest BCUT2D eigenvalue weighted by Crippen LogP contribution is -2.23. The number of nitrogens with zero attached hydrogens (tertiary/aromatic N) is 1. The molecular weight excluding hydrogens is 145 g/mol. The second-order valence-electron chi connectivity index (χ2n) is 2.41. The lowest BCUT2D eigenvalue weighted by molar-refractivity contribution is 0.594. The molecule has 0 radical (unpaired) electrons. The SMILES string of the molecule is N=C1NN=C2C=CC=C(F)C12. The Bertz CT molecular complexity index is 301. The van der Waals surface area contributed by atoms with Crippen molar-refractivity contribution in [3.63, 3.8) is 0 Å². The minimum absolute atomic E-state index is 0.109. The molecule has 0 fully saturated rings. The average molecular weight is 151 g/mol. The van der Waals surface area contributed by atoms with Gasteiger partial charge in [-0.2, -0.15) is 5.10 Å². The summed E-state index contributed by atoms with van der Waals surface area (Å²) in [5, 5.41) is 11.0. The molecule has 3 nitrogen and oxygen atoms in total. The molecule has 4 heteroatoms. The van der Waals surface area contributed by atoms with E-state index < -0.39 is 5.92 Å². The molecule has 1 atom stereocenters. The maximum atomic E-state index is 12.9. The van der Waals surface area contributed by atoms with Crippen LogP contribution < -0.4 is 5.43 Å². The maximum Gasteiger partial charge on any atom is 0.130 e. The first-order chi connectivity index (χ1) is 5.29. The van der Waals surface area contributed by atoms with E-state index >= 15 is 0 Å². The lowest BCUT2D eigenvalue weighted by atomic mass is 9.97. The van der Waals surface area contributed by atoms with Crippen molar-refractivity contribution in [2.45, 2.75) is 0 Å². The van der Waals surface area contributed by atoms with Crippen LogP contribution in [-0.2, 0) is 0 Å². The first kappa shape index (κ1) is 6.27. The normalized spacial score (nSPS) is 27.4. The summed E-state index contributed by atoms with van der Waals surface area (Å²) >= 11 is 0. The number of fused-ring (bicyclic) bond motifs is 1. The Morgan fingerprint density at radius 3 is 3.18 bits per heavy atom. The summed E-state index contributed by atoms with van der Waals surface area (Å²) in [6.07, 6.45) is 4.64. The van der Waals surface area contributed by atoms with Gasteiger partial charge < -0.3 is 0 Å². The van der Waals surface area contributed by atoms with E-state index in [1.54, 1.807) is 12.2 Å². The first-order valence-electron chi connectivity index (χ1n) is 3.25. The van der Waals surface area contributed by atoms with Crippen molar-refractivity contribution in [2.24, 2.45) is 11.0 Å². The molecule has 0 spiro atoms. The monoisotopic (exact) mass is 151 g/mol. The summed E-state index contributed by atoms with van der Waals surface area (Å²) in [5.74, 6) is -0.778. The highest BCUT2D eigenvalue weighted by atomic mass is 19.1. The van der Waals surface area contributed by atoms with Crippen molar-refractivity contribution in [1.82, 2.24) is 5.43 Å². The fourth-order valence-corrected chi connectivity index (χ4v) is 1.15. The summed E-state index contributed by atoms with van der Waals surface area (Å²) in [6, 6.07) is 0. The molecule has 1 aliphatic carbocycles. The van der Waals surface area contributed by atoms with Gasteiger partial charge in [0.15, 0.2) is 0 Å². The Morgan fingerprint density at radius 1 is 1.64 bits per heavy atom. The molecule has 0 aromatic carbocycles. The molecule has 1 unspecified atom stereocenters. The molecule has 2 aliphatic rings. The zero-order chi connectivity index (χ0) is 7.84. The Morgan fingerprint density at radius 2 is 2.45 bits per heavy atom. The molecule has 0 saturated carbocycles. The highest BCUT2D eigenvalue weighted by Crippen LogP contribution is 2.22. The second-order valence-corrected chi connectivity index (χ2v) is 2.41. The molecule has 2 N–H and O–H groups in total. The molecule has 0 bridgehead atoms. The largest absolute Gasteiger partial charge is 0.286 e. The smallest absolute Gasteiger partial charge is 0.130 e. The van der Waals surface area contributed by atoms with Crippen LogP contribution in [0.15, 0.2) is 29.2 Å². The molecule has 0 aromatic rings. The van der Waals surface area contributed by atoms with Crippen molar-refractivity contribution in [3.05, 3.63) is 24.1 Å². The number of amidine groups is 1. The van der Waals surface area contributed by atoms with Gasteiger partial charge in [-0.15, -0.1) is 0 Å². The predicted octanol–water partition coefficient (Wildman–Crippen LogP) is 0.962. The third-order valence-corrected chi connectivity index (χ3v) is 1.69. The van der Waals surface area contributed by atoms with Crippen LogP contribution in [0.2, 0.25) is 0 Å². The molecule has 1 aliphatic heterocycles. The number of rotatable bonds is 0. The topological polar surface area (TPSA) is 48.2 Å². The first-order valence-corrected chi connectivity index (χ1v) is 3.25. The standard InChI is InChI=1S/C7H6FN3/c8-4-2-1-3-5-6(4)7(9)11-10-5/h1-3,6H,(H2,9,11). The van der Waals surface area contributed by atoms with Gasteiger partial charge in [-0.05, 0) is 12.2 Å². The zero-order valence-corrected chi connectivity index (χ0v) is 5.63. The molecule has 2 rings (SSSR count).